The van der Waals surface area contributed by atoms with Gasteiger partial charge in [0, 0.05) is 5.56 Å². The maximum Gasteiger partial charge on any atom is 0.410 e. The van der Waals surface area contributed by atoms with Crippen LogP contribution in [0.5, 0.6) is 0 Å². The summed E-state index contributed by atoms with van der Waals surface area (Å²) < 4.78 is 18.2. The Kier molecular flexibility index (Phi) is 2.73. The fraction of sp³-hybridized carbons (Fsp3) is 0.273. The molecule has 5 heteroatoms. The van der Waals surface area contributed by atoms with E-state index in [-0.39, 0.29) is 12.1 Å². The van der Waals surface area contributed by atoms with Crippen molar-refractivity contribution in [2.24, 2.45) is 0 Å². The van der Waals surface area contributed by atoms with Gasteiger partial charge in [-0.05, 0) is 12.1 Å². The Labute approximate surface area is 91.8 Å². The van der Waals surface area contributed by atoms with Gasteiger partial charge in [0.2, 0.25) is 0 Å². The number of cyclic esters (lactones) is 1. The number of nitrogens with zero attached hydrogens (tertiary/aromatic N) is 2. The average molecular weight is 220 g/mol. The molecule has 0 aromatic heterocycles. The molecular weight excluding hydrogens is 211 g/mol. The monoisotopic (exact) mass is 220 g/mol. The molecule has 0 saturated carbocycles. The number of hydrogen-bond donors (Lipinski definition) is 0. The van der Waals surface area contributed by atoms with Crippen LogP contribution in [0.25, 0.3) is 0 Å². The van der Waals surface area contributed by atoms with Crippen molar-refractivity contribution < 1.29 is 13.9 Å². The van der Waals surface area contributed by atoms with E-state index >= 15 is 0 Å². The van der Waals surface area contributed by atoms with Crippen LogP contribution in [-0.4, -0.2) is 24.1 Å². The van der Waals surface area contributed by atoms with Crippen LogP contribution in [0.3, 0.4) is 0 Å². The normalized spacial score (nSPS) is 14.8. The number of nitriles is 1. The topological polar surface area (TPSA) is 53.3 Å². The quantitative estimate of drug-likeness (QED) is 0.761. The standard InChI is InChI=1S/C11H9FN2O2/c12-10-5-8(6-13)1-2-9(10)7-14-3-4-16-11(14)15/h1-2,5H,3-4,7H2. The highest BCUT2D eigenvalue weighted by atomic mass is 19.1. The van der Waals surface area contributed by atoms with Crippen LogP contribution in [-0.2, 0) is 11.3 Å². The van der Waals surface area contributed by atoms with Gasteiger partial charge in [0.25, 0.3) is 0 Å². The van der Waals surface area contributed by atoms with Crippen LogP contribution in [0, 0.1) is 17.1 Å². The Bertz CT molecular complexity index is 468. The number of rotatable bonds is 2. The summed E-state index contributed by atoms with van der Waals surface area (Å²) in [6.45, 7) is 0.991. The van der Waals surface area contributed by atoms with Crippen molar-refractivity contribution in [3.05, 3.63) is 35.1 Å². The molecule has 16 heavy (non-hydrogen) atoms. The van der Waals surface area contributed by atoms with E-state index < -0.39 is 11.9 Å². The Morgan fingerprint density at radius 1 is 1.56 bits per heavy atom. The molecule has 1 heterocycles. The van der Waals surface area contributed by atoms with Gasteiger partial charge in [-0.3, -0.25) is 0 Å². The van der Waals surface area contributed by atoms with Crippen molar-refractivity contribution in [3.63, 3.8) is 0 Å². The van der Waals surface area contributed by atoms with E-state index in [1.807, 2.05) is 6.07 Å². The van der Waals surface area contributed by atoms with E-state index in [1.165, 1.54) is 17.0 Å². The fourth-order valence-corrected chi connectivity index (χ4v) is 1.52. The zero-order valence-corrected chi connectivity index (χ0v) is 8.44. The lowest BCUT2D eigenvalue weighted by atomic mass is 10.1. The largest absolute Gasteiger partial charge is 0.448 e. The molecule has 1 aromatic rings. The Morgan fingerprint density at radius 3 is 2.94 bits per heavy atom. The number of hydrogen-bond acceptors (Lipinski definition) is 3. The van der Waals surface area contributed by atoms with Gasteiger partial charge < -0.3 is 9.64 Å². The van der Waals surface area contributed by atoms with Crippen molar-refractivity contribution in [1.29, 1.82) is 5.26 Å². The number of amides is 1. The van der Waals surface area contributed by atoms with Crippen molar-refractivity contribution in [2.75, 3.05) is 13.2 Å². The predicted molar refractivity (Wildman–Crippen MR) is 52.9 cm³/mol. The summed E-state index contributed by atoms with van der Waals surface area (Å²) >= 11 is 0. The highest BCUT2D eigenvalue weighted by molar-refractivity contribution is 5.69. The molecule has 0 N–H and O–H groups in total. The molecule has 1 saturated heterocycles. The third-order valence-corrected chi connectivity index (χ3v) is 2.39. The maximum atomic E-state index is 13.5. The molecule has 0 radical (unpaired) electrons. The average Bonchev–Trinajstić information content (AvgIpc) is 2.67. The zero-order chi connectivity index (χ0) is 11.5. The second kappa shape index (κ2) is 4.19. The molecule has 4 nitrogen and oxygen atoms in total. The molecule has 1 amide bonds. The first-order chi connectivity index (χ1) is 7.70. The lowest BCUT2D eigenvalue weighted by molar-refractivity contribution is 0.157. The van der Waals surface area contributed by atoms with Gasteiger partial charge in [-0.25, -0.2) is 9.18 Å². The summed E-state index contributed by atoms with van der Waals surface area (Å²) in [5.74, 6) is -0.473. The van der Waals surface area contributed by atoms with Crippen LogP contribution in [0.15, 0.2) is 18.2 Å². The van der Waals surface area contributed by atoms with Crippen molar-refractivity contribution in [1.82, 2.24) is 4.90 Å². The van der Waals surface area contributed by atoms with Crippen LogP contribution >= 0.6 is 0 Å². The van der Waals surface area contributed by atoms with E-state index in [9.17, 15) is 9.18 Å². The van der Waals surface area contributed by atoms with Gasteiger partial charge in [0.15, 0.2) is 0 Å². The molecule has 0 bridgehead atoms. The predicted octanol–water partition coefficient (Wildman–Crippen LogP) is 1.65. The number of halogens is 1. The van der Waals surface area contributed by atoms with Crippen molar-refractivity contribution in [3.8, 4) is 6.07 Å². The van der Waals surface area contributed by atoms with Crippen molar-refractivity contribution >= 4 is 6.09 Å². The minimum Gasteiger partial charge on any atom is -0.448 e. The molecule has 0 unspecified atom stereocenters. The van der Waals surface area contributed by atoms with Gasteiger partial charge >= 0.3 is 6.09 Å². The van der Waals surface area contributed by atoms with Crippen molar-refractivity contribution in [2.45, 2.75) is 6.54 Å². The number of carbonyl (C=O) groups excluding carboxylic acids is 1. The molecular formula is C11H9FN2O2. The van der Waals surface area contributed by atoms with E-state index in [0.717, 1.165) is 6.07 Å². The lowest BCUT2D eigenvalue weighted by Gasteiger charge is -2.12. The van der Waals surface area contributed by atoms with E-state index in [1.54, 1.807) is 0 Å². The highest BCUT2D eigenvalue weighted by Crippen LogP contribution is 2.15. The maximum absolute atomic E-state index is 13.5. The summed E-state index contributed by atoms with van der Waals surface area (Å²) in [5.41, 5.74) is 0.656. The van der Waals surface area contributed by atoms with Gasteiger partial charge in [0.05, 0.1) is 24.7 Å². The first kappa shape index (κ1) is 10.4. The Hall–Kier alpha value is -2.09. The third kappa shape index (κ3) is 1.96. The molecule has 1 fully saturated rings. The smallest absolute Gasteiger partial charge is 0.410 e. The van der Waals surface area contributed by atoms with Gasteiger partial charge in [0.1, 0.15) is 12.4 Å². The van der Waals surface area contributed by atoms with E-state index in [4.69, 9.17) is 10.00 Å². The van der Waals surface area contributed by atoms with E-state index in [0.29, 0.717) is 18.7 Å². The van der Waals surface area contributed by atoms with Crippen LogP contribution in [0.1, 0.15) is 11.1 Å². The summed E-state index contributed by atoms with van der Waals surface area (Å²) in [5, 5.41) is 8.58. The van der Waals surface area contributed by atoms with Crippen LogP contribution in [0.4, 0.5) is 9.18 Å². The summed E-state index contributed by atoms with van der Waals surface area (Å²) in [7, 11) is 0. The van der Waals surface area contributed by atoms with Gasteiger partial charge in [-0.2, -0.15) is 5.26 Å². The molecule has 0 atom stereocenters. The fourth-order valence-electron chi connectivity index (χ4n) is 1.52. The SMILES string of the molecule is N#Cc1ccc(CN2CCOC2=O)c(F)c1. The first-order valence-electron chi connectivity index (χ1n) is 4.81. The first-order valence-corrected chi connectivity index (χ1v) is 4.81. The highest BCUT2D eigenvalue weighted by Gasteiger charge is 2.22. The van der Waals surface area contributed by atoms with Crippen LogP contribution < -0.4 is 0 Å². The lowest BCUT2D eigenvalue weighted by Crippen LogP contribution is -2.24. The van der Waals surface area contributed by atoms with E-state index in [2.05, 4.69) is 0 Å². The summed E-state index contributed by atoms with van der Waals surface area (Å²) in [4.78, 5) is 12.6. The third-order valence-electron chi connectivity index (χ3n) is 2.39. The molecule has 0 aliphatic carbocycles. The molecule has 82 valence electrons. The van der Waals surface area contributed by atoms with Gasteiger partial charge in [-0.15, -0.1) is 0 Å². The van der Waals surface area contributed by atoms with Gasteiger partial charge in [-0.1, -0.05) is 6.07 Å². The number of ether oxygens (including phenoxy) is 1. The second-order valence-corrected chi connectivity index (χ2v) is 3.45. The molecule has 2 rings (SSSR count). The molecule has 1 aromatic carbocycles. The minimum atomic E-state index is -0.473. The second-order valence-electron chi connectivity index (χ2n) is 3.45. The number of carbonyl (C=O) groups is 1. The summed E-state index contributed by atoms with van der Waals surface area (Å²) in [6, 6.07) is 6.06. The molecule has 1 aliphatic heterocycles. The zero-order valence-electron chi connectivity index (χ0n) is 8.44. The number of benzene rings is 1. The Balaban J connectivity index is 2.16. The molecule has 0 spiro atoms. The summed E-state index contributed by atoms with van der Waals surface area (Å²) in [6.07, 6.45) is -0.427. The minimum absolute atomic E-state index is 0.177. The van der Waals surface area contributed by atoms with Crippen LogP contribution in [0.2, 0.25) is 0 Å². The Morgan fingerprint density at radius 2 is 2.38 bits per heavy atom. The molecule has 1 aliphatic rings.